The van der Waals surface area contributed by atoms with Gasteiger partial charge in [-0.2, -0.15) is 0 Å². The van der Waals surface area contributed by atoms with Gasteiger partial charge in [0.15, 0.2) is 0 Å². The molecule has 1 fully saturated rings. The zero-order valence-electron chi connectivity index (χ0n) is 12.0. The molecule has 0 saturated heterocycles. The Kier molecular flexibility index (Phi) is 4.17. The number of methoxy groups -OCH3 is 1. The zero-order chi connectivity index (χ0) is 14.8. The molecular formula is C13H22N4O3. The lowest BCUT2D eigenvalue weighted by Crippen LogP contribution is -2.38. The first-order chi connectivity index (χ1) is 9.47. The third-order valence-electron chi connectivity index (χ3n) is 4.01. The van der Waals surface area contributed by atoms with Crippen molar-refractivity contribution in [1.29, 1.82) is 0 Å². The molecule has 1 aliphatic carbocycles. The molecule has 20 heavy (non-hydrogen) atoms. The Morgan fingerprint density at radius 3 is 2.70 bits per heavy atom. The Morgan fingerprint density at radius 2 is 2.15 bits per heavy atom. The monoisotopic (exact) mass is 282 g/mol. The van der Waals surface area contributed by atoms with Crippen molar-refractivity contribution < 1.29 is 4.74 Å². The summed E-state index contributed by atoms with van der Waals surface area (Å²) in [5.41, 5.74) is 5.45. The van der Waals surface area contributed by atoms with E-state index in [4.69, 9.17) is 10.5 Å². The fourth-order valence-electron chi connectivity index (χ4n) is 2.42. The van der Waals surface area contributed by atoms with E-state index in [1.807, 2.05) is 0 Å². The Labute approximate surface area is 117 Å². The van der Waals surface area contributed by atoms with E-state index < -0.39 is 11.2 Å². The number of nitrogens with one attached hydrogen (secondary N) is 2. The number of ether oxygens (including phenoxy) is 1. The highest BCUT2D eigenvalue weighted by Gasteiger charge is 2.31. The van der Waals surface area contributed by atoms with Gasteiger partial charge in [0.05, 0.1) is 13.2 Å². The SMILES string of the molecule is COCCn1c(N)c(NCC2(C)CCC2)c(=O)[nH]c1=O. The number of rotatable bonds is 6. The van der Waals surface area contributed by atoms with Gasteiger partial charge in [0.1, 0.15) is 11.5 Å². The van der Waals surface area contributed by atoms with E-state index >= 15 is 0 Å². The molecule has 112 valence electrons. The Hall–Kier alpha value is -1.76. The quantitative estimate of drug-likeness (QED) is 0.699. The summed E-state index contributed by atoms with van der Waals surface area (Å²) in [4.78, 5) is 25.9. The Bertz CT molecular complexity index is 586. The molecule has 0 radical (unpaired) electrons. The average molecular weight is 282 g/mol. The van der Waals surface area contributed by atoms with Gasteiger partial charge in [-0.05, 0) is 18.3 Å². The second-order valence-electron chi connectivity index (χ2n) is 5.68. The maximum absolute atomic E-state index is 11.9. The van der Waals surface area contributed by atoms with Crippen molar-refractivity contribution in [3.8, 4) is 0 Å². The zero-order valence-corrected chi connectivity index (χ0v) is 12.0. The number of nitrogen functional groups attached to an aromatic ring is 1. The molecule has 4 N–H and O–H groups in total. The van der Waals surface area contributed by atoms with Crippen LogP contribution < -0.4 is 22.3 Å². The maximum atomic E-state index is 11.9. The lowest BCUT2D eigenvalue weighted by Gasteiger charge is -2.38. The van der Waals surface area contributed by atoms with Crippen LogP contribution in [0.3, 0.4) is 0 Å². The van der Waals surface area contributed by atoms with Gasteiger partial charge in [-0.15, -0.1) is 0 Å². The molecule has 0 aliphatic heterocycles. The highest BCUT2D eigenvalue weighted by molar-refractivity contribution is 5.60. The van der Waals surface area contributed by atoms with Crippen LogP contribution in [0.25, 0.3) is 0 Å². The molecule has 2 rings (SSSR count). The normalized spacial score (nSPS) is 16.7. The van der Waals surface area contributed by atoms with Crippen LogP contribution in [-0.4, -0.2) is 29.8 Å². The van der Waals surface area contributed by atoms with Crippen molar-refractivity contribution in [2.45, 2.75) is 32.7 Å². The number of hydrogen-bond acceptors (Lipinski definition) is 5. The fourth-order valence-corrected chi connectivity index (χ4v) is 2.42. The third-order valence-corrected chi connectivity index (χ3v) is 4.01. The van der Waals surface area contributed by atoms with Crippen molar-refractivity contribution in [3.05, 3.63) is 20.8 Å². The first-order valence-corrected chi connectivity index (χ1v) is 6.82. The molecule has 1 heterocycles. The predicted molar refractivity (Wildman–Crippen MR) is 78.1 cm³/mol. The highest BCUT2D eigenvalue weighted by atomic mass is 16.5. The van der Waals surface area contributed by atoms with E-state index in [1.165, 1.54) is 11.0 Å². The van der Waals surface area contributed by atoms with Crippen LogP contribution in [0.1, 0.15) is 26.2 Å². The van der Waals surface area contributed by atoms with Crippen LogP contribution >= 0.6 is 0 Å². The van der Waals surface area contributed by atoms with Crippen molar-refractivity contribution in [2.75, 3.05) is 31.3 Å². The van der Waals surface area contributed by atoms with E-state index in [-0.39, 0.29) is 16.9 Å². The van der Waals surface area contributed by atoms with Crippen LogP contribution in [-0.2, 0) is 11.3 Å². The molecule has 1 aromatic heterocycles. The van der Waals surface area contributed by atoms with Crippen LogP contribution in [0.4, 0.5) is 11.5 Å². The highest BCUT2D eigenvalue weighted by Crippen LogP contribution is 2.40. The molecule has 0 spiro atoms. The molecule has 7 heteroatoms. The van der Waals surface area contributed by atoms with Gasteiger partial charge in [-0.1, -0.05) is 13.3 Å². The lowest BCUT2D eigenvalue weighted by molar-refractivity contribution is 0.179. The summed E-state index contributed by atoms with van der Waals surface area (Å²) in [6.07, 6.45) is 3.50. The number of aromatic amines is 1. The van der Waals surface area contributed by atoms with E-state index in [9.17, 15) is 9.59 Å². The summed E-state index contributed by atoms with van der Waals surface area (Å²) >= 11 is 0. The van der Waals surface area contributed by atoms with Crippen molar-refractivity contribution in [3.63, 3.8) is 0 Å². The fraction of sp³-hybridized carbons (Fsp3) is 0.692. The largest absolute Gasteiger partial charge is 0.383 e. The molecule has 7 nitrogen and oxygen atoms in total. The van der Waals surface area contributed by atoms with Crippen LogP contribution in [0.2, 0.25) is 0 Å². The second-order valence-corrected chi connectivity index (χ2v) is 5.68. The standard InChI is InChI=1S/C13H22N4O3/c1-13(4-3-5-13)8-15-9-10(14)17(6-7-20-2)12(19)16-11(9)18/h15H,3-8,14H2,1-2H3,(H,16,18,19). The summed E-state index contributed by atoms with van der Waals surface area (Å²) in [5.74, 6) is 0.165. The molecule has 1 saturated carbocycles. The van der Waals surface area contributed by atoms with Crippen molar-refractivity contribution in [1.82, 2.24) is 9.55 Å². The Morgan fingerprint density at radius 1 is 1.45 bits per heavy atom. The summed E-state index contributed by atoms with van der Waals surface area (Å²) in [6.45, 7) is 3.52. The first-order valence-electron chi connectivity index (χ1n) is 6.82. The molecule has 0 unspecified atom stereocenters. The van der Waals surface area contributed by atoms with Gasteiger partial charge in [-0.25, -0.2) is 4.79 Å². The summed E-state index contributed by atoms with van der Waals surface area (Å²) in [7, 11) is 1.55. The van der Waals surface area contributed by atoms with E-state index in [2.05, 4.69) is 17.2 Å². The van der Waals surface area contributed by atoms with Gasteiger partial charge in [0.2, 0.25) is 0 Å². The summed E-state index contributed by atoms with van der Waals surface area (Å²) in [6, 6.07) is 0. The lowest BCUT2D eigenvalue weighted by atomic mass is 9.70. The molecular weight excluding hydrogens is 260 g/mol. The number of H-pyrrole nitrogens is 1. The minimum absolute atomic E-state index is 0.165. The van der Waals surface area contributed by atoms with Crippen LogP contribution in [0.5, 0.6) is 0 Å². The number of anilines is 2. The van der Waals surface area contributed by atoms with E-state index in [0.717, 1.165) is 12.8 Å². The molecule has 0 aromatic carbocycles. The minimum atomic E-state index is -0.509. The summed E-state index contributed by atoms with van der Waals surface area (Å²) in [5, 5.41) is 3.10. The molecule has 1 aromatic rings. The number of nitrogens with two attached hydrogens (primary N) is 1. The van der Waals surface area contributed by atoms with E-state index in [0.29, 0.717) is 19.7 Å². The third kappa shape index (κ3) is 2.87. The smallest absolute Gasteiger partial charge is 0.330 e. The van der Waals surface area contributed by atoms with Crippen LogP contribution in [0, 0.1) is 5.41 Å². The number of hydrogen-bond donors (Lipinski definition) is 3. The number of nitrogens with zero attached hydrogens (tertiary/aromatic N) is 1. The van der Waals surface area contributed by atoms with E-state index in [1.54, 1.807) is 7.11 Å². The van der Waals surface area contributed by atoms with Gasteiger partial charge >= 0.3 is 5.69 Å². The van der Waals surface area contributed by atoms with Gasteiger partial charge < -0.3 is 15.8 Å². The van der Waals surface area contributed by atoms with Gasteiger partial charge in [0.25, 0.3) is 5.56 Å². The average Bonchev–Trinajstić information content (AvgIpc) is 2.36. The second kappa shape index (κ2) is 5.70. The maximum Gasteiger partial charge on any atom is 0.330 e. The van der Waals surface area contributed by atoms with Gasteiger partial charge in [0, 0.05) is 13.7 Å². The molecule has 0 atom stereocenters. The molecule has 0 amide bonds. The summed E-state index contributed by atoms with van der Waals surface area (Å²) < 4.78 is 6.25. The van der Waals surface area contributed by atoms with Crippen molar-refractivity contribution in [2.24, 2.45) is 5.41 Å². The topological polar surface area (TPSA) is 102 Å². The van der Waals surface area contributed by atoms with Crippen molar-refractivity contribution >= 4 is 11.5 Å². The Balaban J connectivity index is 2.22. The molecule has 0 bridgehead atoms. The van der Waals surface area contributed by atoms with Gasteiger partial charge in [-0.3, -0.25) is 14.3 Å². The minimum Gasteiger partial charge on any atom is -0.383 e. The predicted octanol–water partition coefficient (Wildman–Crippen LogP) is 0.367. The first kappa shape index (κ1) is 14.6. The van der Waals surface area contributed by atoms with Crippen LogP contribution in [0.15, 0.2) is 9.59 Å². The number of aromatic nitrogens is 2. The molecule has 1 aliphatic rings.